The van der Waals surface area contributed by atoms with Gasteiger partial charge in [-0.3, -0.25) is 0 Å². The van der Waals surface area contributed by atoms with Crippen molar-refractivity contribution in [3.63, 3.8) is 0 Å². The van der Waals surface area contributed by atoms with Crippen LogP contribution in [0.1, 0.15) is 44.9 Å². The molecule has 1 atom stereocenters. The molecule has 2 fully saturated rings. The third kappa shape index (κ3) is 3.74. The van der Waals surface area contributed by atoms with Crippen LogP contribution in [0.3, 0.4) is 0 Å². The fraction of sp³-hybridized carbons (Fsp3) is 1.00. The van der Waals surface area contributed by atoms with E-state index in [9.17, 15) is 5.11 Å². The molecule has 3 nitrogen and oxygen atoms in total. The Morgan fingerprint density at radius 2 is 1.60 bits per heavy atom. The van der Waals surface area contributed by atoms with Crippen molar-refractivity contribution < 1.29 is 9.84 Å². The molecule has 0 spiro atoms. The first-order valence-corrected chi connectivity index (χ1v) is 6.36. The zero-order valence-corrected chi connectivity index (χ0v) is 9.45. The number of aliphatic hydroxyl groups excluding tert-OH is 1. The van der Waals surface area contributed by atoms with E-state index in [-0.39, 0.29) is 6.10 Å². The number of hydrogen-bond donors (Lipinski definition) is 2. The van der Waals surface area contributed by atoms with E-state index < -0.39 is 0 Å². The summed E-state index contributed by atoms with van der Waals surface area (Å²) in [5.74, 6) is 0. The van der Waals surface area contributed by atoms with Crippen LogP contribution in [-0.2, 0) is 4.74 Å². The van der Waals surface area contributed by atoms with E-state index in [0.29, 0.717) is 12.1 Å². The van der Waals surface area contributed by atoms with Crippen LogP contribution in [0, 0.1) is 0 Å². The molecule has 0 amide bonds. The second kappa shape index (κ2) is 5.83. The van der Waals surface area contributed by atoms with E-state index >= 15 is 0 Å². The van der Waals surface area contributed by atoms with E-state index in [1.165, 1.54) is 12.8 Å². The zero-order valence-electron chi connectivity index (χ0n) is 9.45. The van der Waals surface area contributed by atoms with Gasteiger partial charge in [0, 0.05) is 25.3 Å². The third-order valence-corrected chi connectivity index (χ3v) is 3.62. The van der Waals surface area contributed by atoms with Crippen LogP contribution in [0.2, 0.25) is 0 Å². The maximum Gasteiger partial charge on any atom is 0.0541 e. The molecule has 1 saturated carbocycles. The van der Waals surface area contributed by atoms with Crippen molar-refractivity contribution in [1.82, 2.24) is 5.32 Å². The zero-order chi connectivity index (χ0) is 10.5. The van der Waals surface area contributed by atoms with Gasteiger partial charge in [0.05, 0.1) is 6.10 Å². The van der Waals surface area contributed by atoms with Gasteiger partial charge in [-0.25, -0.2) is 0 Å². The summed E-state index contributed by atoms with van der Waals surface area (Å²) in [6.45, 7) is 1.84. The Hall–Kier alpha value is -0.120. The fourth-order valence-corrected chi connectivity index (χ4v) is 2.65. The summed E-state index contributed by atoms with van der Waals surface area (Å²) in [5, 5.41) is 13.2. The number of nitrogens with one attached hydrogen (secondary N) is 1. The van der Waals surface area contributed by atoms with Crippen molar-refractivity contribution in [3.8, 4) is 0 Å². The van der Waals surface area contributed by atoms with Crippen molar-refractivity contribution in [2.75, 3.05) is 13.2 Å². The highest BCUT2D eigenvalue weighted by Crippen LogP contribution is 2.20. The molecule has 0 aromatic rings. The molecule has 1 saturated heterocycles. The van der Waals surface area contributed by atoms with E-state index in [0.717, 1.165) is 45.3 Å². The minimum absolute atomic E-state index is 0.0412. The van der Waals surface area contributed by atoms with Crippen LogP contribution in [0.4, 0.5) is 0 Å². The Kier molecular flexibility index (Phi) is 4.42. The molecule has 1 heterocycles. The lowest BCUT2D eigenvalue weighted by atomic mass is 9.92. The topological polar surface area (TPSA) is 41.5 Å². The summed E-state index contributed by atoms with van der Waals surface area (Å²) >= 11 is 0. The van der Waals surface area contributed by atoms with Crippen molar-refractivity contribution in [3.05, 3.63) is 0 Å². The Morgan fingerprint density at radius 1 is 0.867 bits per heavy atom. The highest BCUT2D eigenvalue weighted by Gasteiger charge is 2.22. The predicted octanol–water partition coefficient (Wildman–Crippen LogP) is 1.45. The maximum atomic E-state index is 9.43. The van der Waals surface area contributed by atoms with Gasteiger partial charge in [-0.15, -0.1) is 0 Å². The van der Waals surface area contributed by atoms with Crippen LogP contribution < -0.4 is 5.32 Å². The van der Waals surface area contributed by atoms with Gasteiger partial charge in [-0.2, -0.15) is 0 Å². The molecule has 88 valence electrons. The molecule has 15 heavy (non-hydrogen) atoms. The minimum atomic E-state index is -0.0412. The highest BCUT2D eigenvalue weighted by molar-refractivity contribution is 4.80. The predicted molar refractivity (Wildman–Crippen MR) is 59.9 cm³/mol. The second-order valence-electron chi connectivity index (χ2n) is 4.91. The SMILES string of the molecule is OC1CCC(NC2CCCOCC2)CC1. The summed E-state index contributed by atoms with van der Waals surface area (Å²) in [6.07, 6.45) is 7.77. The van der Waals surface area contributed by atoms with Crippen molar-refractivity contribution in [2.24, 2.45) is 0 Å². The number of aliphatic hydroxyl groups is 1. The molecule has 0 aromatic heterocycles. The minimum Gasteiger partial charge on any atom is -0.393 e. The Balaban J connectivity index is 1.70. The number of ether oxygens (including phenoxy) is 1. The van der Waals surface area contributed by atoms with Crippen molar-refractivity contribution >= 4 is 0 Å². The van der Waals surface area contributed by atoms with Crippen LogP contribution in [-0.4, -0.2) is 36.5 Å². The molecular formula is C12H23NO2. The normalized spacial score (nSPS) is 38.6. The first-order valence-electron chi connectivity index (χ1n) is 6.36. The highest BCUT2D eigenvalue weighted by atomic mass is 16.5. The average Bonchev–Trinajstić information content (AvgIpc) is 2.50. The number of rotatable bonds is 2. The van der Waals surface area contributed by atoms with Gasteiger partial charge in [-0.1, -0.05) is 0 Å². The van der Waals surface area contributed by atoms with Crippen molar-refractivity contribution in [2.45, 2.75) is 63.1 Å². The summed E-state index contributed by atoms with van der Waals surface area (Å²) in [7, 11) is 0. The third-order valence-electron chi connectivity index (χ3n) is 3.62. The maximum absolute atomic E-state index is 9.43. The lowest BCUT2D eigenvalue weighted by Gasteiger charge is -2.29. The monoisotopic (exact) mass is 213 g/mol. The Labute approximate surface area is 92.2 Å². The van der Waals surface area contributed by atoms with Crippen molar-refractivity contribution in [1.29, 1.82) is 0 Å². The summed E-state index contributed by atoms with van der Waals surface area (Å²) < 4.78 is 5.45. The molecule has 0 bridgehead atoms. The van der Waals surface area contributed by atoms with Gasteiger partial charge in [0.1, 0.15) is 0 Å². The summed E-state index contributed by atoms with van der Waals surface area (Å²) in [5.41, 5.74) is 0. The standard InChI is InChI=1S/C12H23NO2/c14-12-5-3-11(4-6-12)13-10-2-1-8-15-9-7-10/h10-14H,1-9H2. The average molecular weight is 213 g/mol. The smallest absolute Gasteiger partial charge is 0.0541 e. The molecule has 0 aromatic carbocycles. The first-order chi connectivity index (χ1) is 7.34. The lowest BCUT2D eigenvalue weighted by Crippen LogP contribution is -2.41. The summed E-state index contributed by atoms with van der Waals surface area (Å²) in [6, 6.07) is 1.28. The van der Waals surface area contributed by atoms with E-state index in [4.69, 9.17) is 4.74 Å². The lowest BCUT2D eigenvalue weighted by molar-refractivity contribution is 0.112. The molecule has 1 aliphatic carbocycles. The van der Waals surface area contributed by atoms with Gasteiger partial charge in [0.25, 0.3) is 0 Å². The molecule has 2 rings (SSSR count). The van der Waals surface area contributed by atoms with Gasteiger partial charge in [0.2, 0.25) is 0 Å². The molecule has 2 N–H and O–H groups in total. The molecule has 1 unspecified atom stereocenters. The van der Waals surface area contributed by atoms with Gasteiger partial charge >= 0.3 is 0 Å². The molecular weight excluding hydrogens is 190 g/mol. The van der Waals surface area contributed by atoms with E-state index in [1.807, 2.05) is 0 Å². The van der Waals surface area contributed by atoms with Crippen LogP contribution in [0.5, 0.6) is 0 Å². The van der Waals surface area contributed by atoms with E-state index in [2.05, 4.69) is 5.32 Å². The van der Waals surface area contributed by atoms with Gasteiger partial charge < -0.3 is 15.2 Å². The largest absolute Gasteiger partial charge is 0.393 e. The molecule has 1 aliphatic heterocycles. The molecule has 0 radical (unpaired) electrons. The number of hydrogen-bond acceptors (Lipinski definition) is 3. The van der Waals surface area contributed by atoms with Gasteiger partial charge in [-0.05, 0) is 44.9 Å². The fourth-order valence-electron chi connectivity index (χ4n) is 2.65. The molecule has 2 aliphatic rings. The van der Waals surface area contributed by atoms with Crippen LogP contribution in [0.15, 0.2) is 0 Å². The van der Waals surface area contributed by atoms with Gasteiger partial charge in [0.15, 0.2) is 0 Å². The second-order valence-corrected chi connectivity index (χ2v) is 4.91. The first kappa shape index (κ1) is 11.4. The van der Waals surface area contributed by atoms with Crippen LogP contribution in [0.25, 0.3) is 0 Å². The van der Waals surface area contributed by atoms with E-state index in [1.54, 1.807) is 0 Å². The quantitative estimate of drug-likeness (QED) is 0.729. The van der Waals surface area contributed by atoms with Crippen LogP contribution >= 0.6 is 0 Å². The Morgan fingerprint density at radius 3 is 2.40 bits per heavy atom. The Bertz CT molecular complexity index is 170. The molecule has 3 heteroatoms. The summed E-state index contributed by atoms with van der Waals surface area (Å²) in [4.78, 5) is 0.